The Kier molecular flexibility index (Phi) is 2.15. The first-order chi connectivity index (χ1) is 6.17. The Morgan fingerprint density at radius 2 is 2.08 bits per heavy atom. The number of hydrogen-bond acceptors (Lipinski definition) is 4. The second kappa shape index (κ2) is 3.17. The van der Waals surface area contributed by atoms with Gasteiger partial charge in [-0.25, -0.2) is 8.78 Å². The Bertz CT molecular complexity index is 265. The van der Waals surface area contributed by atoms with Gasteiger partial charge >= 0.3 is 0 Å². The second-order valence-electron chi connectivity index (χ2n) is 3.11. The Labute approximate surface area is 78.7 Å². The first-order valence-electron chi connectivity index (χ1n) is 4.08. The molecule has 1 aromatic heterocycles. The van der Waals surface area contributed by atoms with E-state index in [-0.39, 0.29) is 12.8 Å². The average Bonchev–Trinajstić information content (AvgIpc) is 2.56. The summed E-state index contributed by atoms with van der Waals surface area (Å²) in [5, 5.41) is 0. The van der Waals surface area contributed by atoms with Crippen molar-refractivity contribution in [3.05, 3.63) is 6.20 Å². The third kappa shape index (κ3) is 1.93. The largest absolute Gasteiger partial charge is 0.354 e. The molecule has 0 unspecified atom stereocenters. The summed E-state index contributed by atoms with van der Waals surface area (Å²) in [6, 6.07) is 0. The summed E-state index contributed by atoms with van der Waals surface area (Å²) in [7, 11) is 0. The van der Waals surface area contributed by atoms with Crippen molar-refractivity contribution in [1.29, 1.82) is 0 Å². The molecule has 1 aromatic rings. The lowest BCUT2D eigenvalue weighted by Gasteiger charge is -2.31. The zero-order valence-corrected chi connectivity index (χ0v) is 7.73. The summed E-state index contributed by atoms with van der Waals surface area (Å²) in [4.78, 5) is 1.85. The first-order valence-corrected chi connectivity index (χ1v) is 4.81. The Morgan fingerprint density at radius 1 is 1.38 bits per heavy atom. The van der Waals surface area contributed by atoms with Gasteiger partial charge in [0.15, 0.2) is 5.82 Å². The van der Waals surface area contributed by atoms with Crippen molar-refractivity contribution in [2.75, 3.05) is 18.0 Å². The molecule has 0 aromatic carbocycles. The quantitative estimate of drug-likeness (QED) is 0.699. The molecular formula is C7H9F2N3S. The van der Waals surface area contributed by atoms with Crippen molar-refractivity contribution < 1.29 is 8.78 Å². The van der Waals surface area contributed by atoms with E-state index in [4.69, 9.17) is 0 Å². The number of alkyl halides is 2. The zero-order chi connectivity index (χ0) is 9.31. The van der Waals surface area contributed by atoms with Crippen molar-refractivity contribution in [2.45, 2.75) is 18.8 Å². The zero-order valence-electron chi connectivity index (χ0n) is 6.91. The Balaban J connectivity index is 1.99. The molecule has 0 amide bonds. The fourth-order valence-corrected chi connectivity index (χ4v) is 1.80. The lowest BCUT2D eigenvalue weighted by molar-refractivity contribution is -0.0221. The molecular weight excluding hydrogens is 196 g/mol. The highest BCUT2D eigenvalue weighted by Gasteiger charge is 2.34. The molecule has 2 heterocycles. The fourth-order valence-electron chi connectivity index (χ4n) is 1.36. The molecule has 1 aliphatic heterocycles. The standard InChI is InChI=1S/C7H9F2N3S/c8-7(9)1-3-12(4-2-7)6-5-10-13-11-6/h5H,1-4H2. The van der Waals surface area contributed by atoms with E-state index < -0.39 is 5.92 Å². The van der Waals surface area contributed by atoms with Gasteiger partial charge in [0.2, 0.25) is 0 Å². The molecule has 6 heteroatoms. The molecule has 0 aliphatic carbocycles. The number of piperidine rings is 1. The predicted molar refractivity (Wildman–Crippen MR) is 46.3 cm³/mol. The monoisotopic (exact) mass is 205 g/mol. The van der Waals surface area contributed by atoms with E-state index in [1.165, 1.54) is 0 Å². The Hall–Kier alpha value is -0.780. The van der Waals surface area contributed by atoms with E-state index >= 15 is 0 Å². The van der Waals surface area contributed by atoms with Crippen LogP contribution in [-0.2, 0) is 0 Å². The molecule has 0 N–H and O–H groups in total. The van der Waals surface area contributed by atoms with Gasteiger partial charge < -0.3 is 4.90 Å². The highest BCUT2D eigenvalue weighted by atomic mass is 32.1. The summed E-state index contributed by atoms with van der Waals surface area (Å²) < 4.78 is 33.4. The molecule has 1 fully saturated rings. The second-order valence-corrected chi connectivity index (χ2v) is 3.67. The van der Waals surface area contributed by atoms with Crippen LogP contribution in [0.15, 0.2) is 6.20 Å². The van der Waals surface area contributed by atoms with Crippen LogP contribution >= 0.6 is 11.7 Å². The lowest BCUT2D eigenvalue weighted by Crippen LogP contribution is -2.39. The van der Waals surface area contributed by atoms with Gasteiger partial charge in [-0.1, -0.05) is 0 Å². The molecule has 0 atom stereocenters. The van der Waals surface area contributed by atoms with Crippen LogP contribution in [0.3, 0.4) is 0 Å². The maximum atomic E-state index is 12.8. The van der Waals surface area contributed by atoms with Crippen LogP contribution in [0.2, 0.25) is 0 Å². The van der Waals surface area contributed by atoms with Gasteiger partial charge in [0, 0.05) is 25.9 Å². The maximum absolute atomic E-state index is 12.8. The minimum Gasteiger partial charge on any atom is -0.354 e. The highest BCUT2D eigenvalue weighted by molar-refractivity contribution is 6.99. The van der Waals surface area contributed by atoms with Gasteiger partial charge in [-0.3, -0.25) is 0 Å². The van der Waals surface area contributed by atoms with E-state index in [9.17, 15) is 8.78 Å². The van der Waals surface area contributed by atoms with Crippen LogP contribution in [0, 0.1) is 0 Å². The van der Waals surface area contributed by atoms with Crippen LogP contribution < -0.4 is 4.90 Å². The topological polar surface area (TPSA) is 29.0 Å². The van der Waals surface area contributed by atoms with Gasteiger partial charge in [0.1, 0.15) is 0 Å². The van der Waals surface area contributed by atoms with Crippen LogP contribution in [0.1, 0.15) is 12.8 Å². The summed E-state index contributed by atoms with van der Waals surface area (Å²) in [6.45, 7) is 0.747. The van der Waals surface area contributed by atoms with Crippen LogP contribution in [0.5, 0.6) is 0 Å². The number of halogens is 2. The van der Waals surface area contributed by atoms with E-state index in [0.29, 0.717) is 13.1 Å². The van der Waals surface area contributed by atoms with Crippen molar-refractivity contribution >= 4 is 17.5 Å². The first kappa shape index (κ1) is 8.80. The van der Waals surface area contributed by atoms with Crippen LogP contribution in [0.25, 0.3) is 0 Å². The molecule has 1 aliphatic rings. The van der Waals surface area contributed by atoms with E-state index in [2.05, 4.69) is 8.75 Å². The maximum Gasteiger partial charge on any atom is 0.251 e. The molecule has 0 bridgehead atoms. The number of rotatable bonds is 1. The highest BCUT2D eigenvalue weighted by Crippen LogP contribution is 2.29. The summed E-state index contributed by atoms with van der Waals surface area (Å²) in [6.07, 6.45) is 1.46. The van der Waals surface area contributed by atoms with Crippen LogP contribution in [-0.4, -0.2) is 27.8 Å². The fraction of sp³-hybridized carbons (Fsp3) is 0.714. The molecule has 13 heavy (non-hydrogen) atoms. The van der Waals surface area contributed by atoms with Crippen molar-refractivity contribution in [1.82, 2.24) is 8.75 Å². The molecule has 72 valence electrons. The van der Waals surface area contributed by atoms with Crippen molar-refractivity contribution in [3.63, 3.8) is 0 Å². The third-order valence-electron chi connectivity index (χ3n) is 2.17. The number of hydrogen-bond donors (Lipinski definition) is 0. The van der Waals surface area contributed by atoms with Gasteiger partial charge in [-0.05, 0) is 0 Å². The predicted octanol–water partition coefficient (Wildman–Crippen LogP) is 1.77. The molecule has 0 spiro atoms. The van der Waals surface area contributed by atoms with Gasteiger partial charge in [0.25, 0.3) is 5.92 Å². The number of nitrogens with zero attached hydrogens (tertiary/aromatic N) is 3. The van der Waals surface area contributed by atoms with Gasteiger partial charge in [-0.2, -0.15) is 8.75 Å². The smallest absolute Gasteiger partial charge is 0.251 e. The van der Waals surface area contributed by atoms with Gasteiger partial charge in [-0.15, -0.1) is 0 Å². The minimum absolute atomic E-state index is 0.0788. The Morgan fingerprint density at radius 3 is 2.62 bits per heavy atom. The van der Waals surface area contributed by atoms with Crippen LogP contribution in [0.4, 0.5) is 14.6 Å². The van der Waals surface area contributed by atoms with E-state index in [1.807, 2.05) is 4.90 Å². The summed E-state index contributed by atoms with van der Waals surface area (Å²) >= 11 is 1.10. The van der Waals surface area contributed by atoms with E-state index in [0.717, 1.165) is 17.5 Å². The van der Waals surface area contributed by atoms with E-state index in [1.54, 1.807) is 6.20 Å². The minimum atomic E-state index is -2.49. The molecule has 2 rings (SSSR count). The van der Waals surface area contributed by atoms with Gasteiger partial charge in [0.05, 0.1) is 17.9 Å². The lowest BCUT2D eigenvalue weighted by atomic mass is 10.1. The van der Waals surface area contributed by atoms with Crippen molar-refractivity contribution in [3.8, 4) is 0 Å². The molecule has 3 nitrogen and oxygen atoms in total. The normalized spacial score (nSPS) is 21.8. The molecule has 1 saturated heterocycles. The number of aromatic nitrogens is 2. The average molecular weight is 205 g/mol. The summed E-state index contributed by atoms with van der Waals surface area (Å²) in [5.74, 6) is -1.76. The van der Waals surface area contributed by atoms with Crippen molar-refractivity contribution in [2.24, 2.45) is 0 Å². The number of anilines is 1. The third-order valence-corrected chi connectivity index (χ3v) is 2.64. The molecule has 0 radical (unpaired) electrons. The molecule has 0 saturated carbocycles. The summed E-state index contributed by atoms with van der Waals surface area (Å²) in [5.41, 5.74) is 0. The SMILES string of the molecule is FC1(F)CCN(c2cnsn2)CC1.